The summed E-state index contributed by atoms with van der Waals surface area (Å²) in [7, 11) is 1.58. The molecule has 3 rings (SSSR count). The number of ether oxygens (including phenoxy) is 2. The number of rotatable bonds is 6. The Labute approximate surface area is 167 Å². The number of carbonyl (C=O) groups is 1. The van der Waals surface area contributed by atoms with Crippen LogP contribution in [0.5, 0.6) is 0 Å². The van der Waals surface area contributed by atoms with Gasteiger partial charge in [0.2, 0.25) is 5.60 Å². The second kappa shape index (κ2) is 9.88. The Morgan fingerprint density at radius 1 is 1.07 bits per heavy atom. The summed E-state index contributed by atoms with van der Waals surface area (Å²) in [5, 5.41) is 0. The molecule has 1 fully saturated rings. The number of likely N-dealkylation sites (tertiary alicyclic amines) is 1. The quantitative estimate of drug-likeness (QED) is 0.657. The second-order valence-corrected chi connectivity index (χ2v) is 6.84. The van der Waals surface area contributed by atoms with Crippen LogP contribution < -0.4 is 17.3 Å². The van der Waals surface area contributed by atoms with E-state index in [1.807, 2.05) is 60.7 Å². The van der Waals surface area contributed by atoms with Crippen LogP contribution in [-0.4, -0.2) is 38.8 Å². The average molecular weight is 390 g/mol. The lowest BCUT2D eigenvalue weighted by molar-refractivity contribution is -0.906. The largest absolute Gasteiger partial charge is 1.00 e. The molecule has 0 radical (unpaired) electrons. The van der Waals surface area contributed by atoms with E-state index >= 15 is 0 Å². The van der Waals surface area contributed by atoms with E-state index in [0.717, 1.165) is 43.6 Å². The number of carbonyl (C=O) groups excluding carboxylic acids is 1. The van der Waals surface area contributed by atoms with Crippen molar-refractivity contribution in [2.45, 2.75) is 31.5 Å². The third-order valence-electron chi connectivity index (χ3n) is 5.30. The van der Waals surface area contributed by atoms with E-state index in [1.54, 1.807) is 7.11 Å². The van der Waals surface area contributed by atoms with Crippen molar-refractivity contribution in [1.82, 2.24) is 0 Å². The highest BCUT2D eigenvalue weighted by molar-refractivity contribution is 5.86. The molecular formula is C22H28ClNO3. The zero-order valence-corrected chi connectivity index (χ0v) is 16.7. The summed E-state index contributed by atoms with van der Waals surface area (Å²) in [5.41, 5.74) is 0.329. The van der Waals surface area contributed by atoms with Crippen molar-refractivity contribution in [3.8, 4) is 0 Å². The standard InChI is InChI=1S/C22H27NO3.ClH/c1-3-23-16-10-15-20(17-23)26-21(24)22(25-2,18-11-6-4-7-12-18)19-13-8-5-9-14-19;/h4-9,11-14,20H,3,10,15-17H2,1-2H3;1H. The molecule has 2 aromatic rings. The van der Waals surface area contributed by atoms with E-state index in [2.05, 4.69) is 6.92 Å². The molecule has 27 heavy (non-hydrogen) atoms. The third-order valence-corrected chi connectivity index (χ3v) is 5.30. The van der Waals surface area contributed by atoms with E-state index in [0.29, 0.717) is 0 Å². The molecule has 1 saturated heterocycles. The molecule has 0 spiro atoms. The summed E-state index contributed by atoms with van der Waals surface area (Å²) in [6, 6.07) is 19.2. The van der Waals surface area contributed by atoms with Crippen molar-refractivity contribution in [3.05, 3.63) is 71.8 Å². The smallest absolute Gasteiger partial charge is 0.348 e. The van der Waals surface area contributed by atoms with Crippen LogP contribution in [0, 0.1) is 0 Å². The first-order valence-corrected chi connectivity index (χ1v) is 9.41. The normalized spacial score (nSPS) is 19.8. The molecule has 4 nitrogen and oxygen atoms in total. The van der Waals surface area contributed by atoms with Gasteiger partial charge >= 0.3 is 5.97 Å². The Morgan fingerprint density at radius 2 is 1.63 bits per heavy atom. The number of methoxy groups -OCH3 is 1. The van der Waals surface area contributed by atoms with E-state index in [4.69, 9.17) is 9.47 Å². The molecule has 2 atom stereocenters. The van der Waals surface area contributed by atoms with Gasteiger partial charge in [0.05, 0.1) is 13.1 Å². The fraction of sp³-hybridized carbons (Fsp3) is 0.409. The van der Waals surface area contributed by atoms with Crippen LogP contribution >= 0.6 is 0 Å². The summed E-state index contributed by atoms with van der Waals surface area (Å²) in [6.07, 6.45) is 1.93. The van der Waals surface area contributed by atoms with Crippen molar-refractivity contribution in [3.63, 3.8) is 0 Å². The summed E-state index contributed by atoms with van der Waals surface area (Å²) in [5.74, 6) is -0.334. The number of hydrogen-bond acceptors (Lipinski definition) is 3. The SMILES string of the molecule is CC[NH+]1CCCC(OC(=O)C(OC)(c2ccccc2)c2ccccc2)C1.[Cl-]. The van der Waals surface area contributed by atoms with E-state index in [1.165, 1.54) is 4.90 Å². The summed E-state index contributed by atoms with van der Waals surface area (Å²) in [6.45, 7) is 5.25. The molecular weight excluding hydrogens is 362 g/mol. The van der Waals surface area contributed by atoms with Crippen LogP contribution in [-0.2, 0) is 19.9 Å². The van der Waals surface area contributed by atoms with Crippen LogP contribution in [0.15, 0.2) is 60.7 Å². The maximum absolute atomic E-state index is 13.4. The van der Waals surface area contributed by atoms with Gasteiger partial charge in [0.25, 0.3) is 0 Å². The summed E-state index contributed by atoms with van der Waals surface area (Å²) in [4.78, 5) is 14.9. The van der Waals surface area contributed by atoms with E-state index in [9.17, 15) is 4.79 Å². The Bertz CT molecular complexity index is 669. The number of nitrogens with one attached hydrogen (secondary N) is 1. The minimum absolute atomic E-state index is 0. The maximum Gasteiger partial charge on any atom is 0.348 e. The molecule has 2 aromatic carbocycles. The Morgan fingerprint density at radius 3 is 2.11 bits per heavy atom. The van der Waals surface area contributed by atoms with Crippen LogP contribution in [0.1, 0.15) is 30.9 Å². The van der Waals surface area contributed by atoms with Gasteiger partial charge in [-0.15, -0.1) is 0 Å². The number of quaternary nitrogens is 1. The first kappa shape index (κ1) is 21.4. The van der Waals surface area contributed by atoms with Crippen molar-refractivity contribution in [2.75, 3.05) is 26.7 Å². The molecule has 0 bridgehead atoms. The molecule has 0 aliphatic carbocycles. The van der Waals surface area contributed by atoms with Crippen molar-refractivity contribution in [1.29, 1.82) is 0 Å². The zero-order chi connectivity index (χ0) is 18.4. The predicted octanol–water partition coefficient (Wildman–Crippen LogP) is -0.809. The highest BCUT2D eigenvalue weighted by Gasteiger charge is 2.45. The second-order valence-electron chi connectivity index (χ2n) is 6.84. The number of hydrogen-bond donors (Lipinski definition) is 1. The molecule has 0 saturated carbocycles. The van der Waals surface area contributed by atoms with Crippen LogP contribution in [0.4, 0.5) is 0 Å². The maximum atomic E-state index is 13.4. The van der Waals surface area contributed by atoms with Gasteiger partial charge in [0.15, 0.2) is 6.10 Å². The predicted molar refractivity (Wildman–Crippen MR) is 101 cm³/mol. The molecule has 0 aromatic heterocycles. The molecule has 0 amide bonds. The molecule has 1 heterocycles. The van der Waals surface area contributed by atoms with Gasteiger partial charge in [0, 0.05) is 13.5 Å². The van der Waals surface area contributed by atoms with Gasteiger partial charge in [-0.2, -0.15) is 0 Å². The van der Waals surface area contributed by atoms with Crippen molar-refractivity contribution in [2.24, 2.45) is 0 Å². The molecule has 146 valence electrons. The Hall–Kier alpha value is -1.88. The summed E-state index contributed by atoms with van der Waals surface area (Å²) < 4.78 is 11.9. The van der Waals surface area contributed by atoms with E-state index < -0.39 is 5.60 Å². The lowest BCUT2D eigenvalue weighted by Crippen LogP contribution is -3.13. The van der Waals surface area contributed by atoms with Crippen LogP contribution in [0.25, 0.3) is 0 Å². The number of esters is 1. The van der Waals surface area contributed by atoms with Gasteiger partial charge in [-0.25, -0.2) is 4.79 Å². The molecule has 5 heteroatoms. The molecule has 1 N–H and O–H groups in total. The lowest BCUT2D eigenvalue weighted by atomic mass is 9.86. The topological polar surface area (TPSA) is 40.0 Å². The monoisotopic (exact) mass is 389 g/mol. The Balaban J connectivity index is 0.00000261. The van der Waals surface area contributed by atoms with Crippen molar-refractivity contribution < 1.29 is 31.6 Å². The van der Waals surface area contributed by atoms with Crippen molar-refractivity contribution >= 4 is 5.97 Å². The van der Waals surface area contributed by atoms with E-state index in [-0.39, 0.29) is 24.5 Å². The fourth-order valence-corrected chi connectivity index (χ4v) is 3.83. The average Bonchev–Trinajstić information content (AvgIpc) is 2.71. The first-order chi connectivity index (χ1) is 12.7. The van der Waals surface area contributed by atoms with Gasteiger partial charge < -0.3 is 26.8 Å². The number of likely N-dealkylation sites (N-methyl/N-ethyl adjacent to an activating group) is 1. The number of piperidine rings is 1. The minimum atomic E-state index is -1.24. The molecule has 2 unspecified atom stereocenters. The Kier molecular flexibility index (Phi) is 7.84. The first-order valence-electron chi connectivity index (χ1n) is 9.41. The fourth-order valence-electron chi connectivity index (χ4n) is 3.83. The number of halogens is 1. The zero-order valence-electron chi connectivity index (χ0n) is 16.0. The minimum Gasteiger partial charge on any atom is -1.00 e. The van der Waals surface area contributed by atoms with Crippen LogP contribution in [0.2, 0.25) is 0 Å². The molecule has 1 aliphatic rings. The highest BCUT2D eigenvalue weighted by Crippen LogP contribution is 2.35. The van der Waals surface area contributed by atoms with Gasteiger partial charge in [-0.3, -0.25) is 0 Å². The molecule has 1 aliphatic heterocycles. The van der Waals surface area contributed by atoms with Gasteiger partial charge in [-0.1, -0.05) is 60.7 Å². The summed E-state index contributed by atoms with van der Waals surface area (Å²) >= 11 is 0. The highest BCUT2D eigenvalue weighted by atomic mass is 35.5. The lowest BCUT2D eigenvalue weighted by Gasteiger charge is -2.34. The third kappa shape index (κ3) is 4.52. The van der Waals surface area contributed by atoms with Gasteiger partial charge in [0.1, 0.15) is 6.54 Å². The number of benzene rings is 2. The van der Waals surface area contributed by atoms with Crippen LogP contribution in [0.3, 0.4) is 0 Å². The van der Waals surface area contributed by atoms with Gasteiger partial charge in [-0.05, 0) is 24.5 Å².